The molecule has 0 amide bonds. The van der Waals surface area contributed by atoms with Gasteiger partial charge in [-0.05, 0) is 25.0 Å². The predicted molar refractivity (Wildman–Crippen MR) is 113 cm³/mol. The van der Waals surface area contributed by atoms with Crippen molar-refractivity contribution in [3.8, 4) is 0 Å². The molecule has 7 nitrogen and oxygen atoms in total. The maximum Gasteiger partial charge on any atom is 0.282 e. The summed E-state index contributed by atoms with van der Waals surface area (Å²) in [4.78, 5) is 7.41. The summed E-state index contributed by atoms with van der Waals surface area (Å²) in [5.74, 6) is 0. The lowest BCUT2D eigenvalue weighted by atomic mass is 10.2. The van der Waals surface area contributed by atoms with Gasteiger partial charge in [0.25, 0.3) is 10.2 Å². The fourth-order valence-corrected chi connectivity index (χ4v) is 6.09. The zero-order valence-electron chi connectivity index (χ0n) is 16.7. The van der Waals surface area contributed by atoms with Gasteiger partial charge in [-0.1, -0.05) is 18.2 Å². The van der Waals surface area contributed by atoms with E-state index in [2.05, 4.69) is 45.0 Å². The molecule has 3 fully saturated rings. The number of anilines is 1. The minimum absolute atomic E-state index is 0.626. The standard InChI is InChI=1S/C20H33N5O2S/c26-28(27,24-8-4-5-9-24)25-18-14-22(15-19-25)11-10-21-12-16-23(17-13-21)20-6-2-1-3-7-20/h1-3,6-7H,4-5,8-19H2. The molecule has 1 aromatic carbocycles. The van der Waals surface area contributed by atoms with E-state index in [9.17, 15) is 8.42 Å². The summed E-state index contributed by atoms with van der Waals surface area (Å²) in [5.41, 5.74) is 1.32. The molecular formula is C20H33N5O2S. The number of rotatable bonds is 6. The second-order valence-corrected chi connectivity index (χ2v) is 9.95. The van der Waals surface area contributed by atoms with Crippen LogP contribution < -0.4 is 4.90 Å². The van der Waals surface area contributed by atoms with Crippen molar-refractivity contribution in [3.05, 3.63) is 30.3 Å². The van der Waals surface area contributed by atoms with Crippen molar-refractivity contribution in [2.24, 2.45) is 0 Å². The van der Waals surface area contributed by atoms with Gasteiger partial charge in [0.1, 0.15) is 0 Å². The van der Waals surface area contributed by atoms with Gasteiger partial charge in [0.05, 0.1) is 0 Å². The first kappa shape index (κ1) is 20.1. The second-order valence-electron chi connectivity index (χ2n) is 8.02. The molecule has 8 heteroatoms. The lowest BCUT2D eigenvalue weighted by Crippen LogP contribution is -2.54. The highest BCUT2D eigenvalue weighted by atomic mass is 32.2. The average Bonchev–Trinajstić information content (AvgIpc) is 3.30. The van der Waals surface area contributed by atoms with E-state index in [-0.39, 0.29) is 0 Å². The molecule has 3 aliphatic heterocycles. The van der Waals surface area contributed by atoms with Gasteiger partial charge < -0.3 is 4.90 Å². The van der Waals surface area contributed by atoms with Gasteiger partial charge in [0.2, 0.25) is 0 Å². The number of piperazine rings is 2. The smallest absolute Gasteiger partial charge is 0.282 e. The lowest BCUT2D eigenvalue weighted by Gasteiger charge is -2.39. The predicted octanol–water partition coefficient (Wildman–Crippen LogP) is 0.767. The highest BCUT2D eigenvalue weighted by Gasteiger charge is 2.33. The molecule has 3 aliphatic rings. The van der Waals surface area contributed by atoms with Gasteiger partial charge in [0.15, 0.2) is 0 Å². The number of hydrogen-bond donors (Lipinski definition) is 0. The van der Waals surface area contributed by atoms with Gasteiger partial charge in [-0.3, -0.25) is 9.80 Å². The Morgan fingerprint density at radius 1 is 0.643 bits per heavy atom. The maximum absolute atomic E-state index is 12.7. The molecule has 3 saturated heterocycles. The molecule has 0 saturated carbocycles. The van der Waals surface area contributed by atoms with Gasteiger partial charge in [-0.2, -0.15) is 17.0 Å². The number of hydrogen-bond acceptors (Lipinski definition) is 5. The number of nitrogens with zero attached hydrogens (tertiary/aromatic N) is 5. The van der Waals surface area contributed by atoms with Crippen LogP contribution in [0.4, 0.5) is 5.69 Å². The van der Waals surface area contributed by atoms with Crippen molar-refractivity contribution in [2.45, 2.75) is 12.8 Å². The van der Waals surface area contributed by atoms with Crippen molar-refractivity contribution in [2.75, 3.05) is 83.4 Å². The van der Waals surface area contributed by atoms with Crippen LogP contribution in [0.2, 0.25) is 0 Å². The molecule has 1 aromatic rings. The minimum Gasteiger partial charge on any atom is -0.369 e. The van der Waals surface area contributed by atoms with E-state index in [1.807, 2.05) is 0 Å². The zero-order valence-corrected chi connectivity index (χ0v) is 17.6. The van der Waals surface area contributed by atoms with Crippen LogP contribution in [0.15, 0.2) is 30.3 Å². The lowest BCUT2D eigenvalue weighted by molar-refractivity contribution is 0.153. The Bertz CT molecular complexity index is 707. The van der Waals surface area contributed by atoms with Crippen molar-refractivity contribution in [3.63, 3.8) is 0 Å². The third kappa shape index (κ3) is 4.68. The monoisotopic (exact) mass is 407 g/mol. The van der Waals surface area contributed by atoms with Crippen LogP contribution in [0.3, 0.4) is 0 Å². The Morgan fingerprint density at radius 2 is 1.14 bits per heavy atom. The number of para-hydroxylation sites is 1. The normalized spacial score (nSPS) is 24.1. The average molecular weight is 408 g/mol. The van der Waals surface area contributed by atoms with Crippen molar-refractivity contribution in [1.29, 1.82) is 0 Å². The summed E-state index contributed by atoms with van der Waals surface area (Å²) in [6, 6.07) is 10.6. The summed E-state index contributed by atoms with van der Waals surface area (Å²) in [7, 11) is -3.23. The first-order valence-corrected chi connectivity index (χ1v) is 12.0. The highest BCUT2D eigenvalue weighted by Crippen LogP contribution is 2.18. The van der Waals surface area contributed by atoms with Crippen LogP contribution in [0.25, 0.3) is 0 Å². The molecule has 156 valence electrons. The van der Waals surface area contributed by atoms with Gasteiger partial charge in [0, 0.05) is 84.2 Å². The SMILES string of the molecule is O=S(=O)(N1CCCC1)N1CCN(CCN2CCN(c3ccccc3)CC2)CC1. The second kappa shape index (κ2) is 9.09. The van der Waals surface area contributed by atoms with E-state index >= 15 is 0 Å². The summed E-state index contributed by atoms with van der Waals surface area (Å²) < 4.78 is 28.7. The summed E-state index contributed by atoms with van der Waals surface area (Å²) >= 11 is 0. The maximum atomic E-state index is 12.7. The fraction of sp³-hybridized carbons (Fsp3) is 0.700. The molecule has 0 radical (unpaired) electrons. The Morgan fingerprint density at radius 3 is 1.71 bits per heavy atom. The summed E-state index contributed by atoms with van der Waals surface area (Å²) in [5, 5.41) is 0. The quantitative estimate of drug-likeness (QED) is 0.697. The number of benzene rings is 1. The highest BCUT2D eigenvalue weighted by molar-refractivity contribution is 7.86. The molecule has 28 heavy (non-hydrogen) atoms. The van der Waals surface area contributed by atoms with Crippen LogP contribution in [0, 0.1) is 0 Å². The van der Waals surface area contributed by atoms with Gasteiger partial charge in [-0.25, -0.2) is 0 Å². The Hall–Kier alpha value is -1.19. The molecule has 4 rings (SSSR count). The molecule has 0 N–H and O–H groups in total. The van der Waals surface area contributed by atoms with Crippen LogP contribution >= 0.6 is 0 Å². The van der Waals surface area contributed by atoms with Gasteiger partial charge in [-0.15, -0.1) is 0 Å². The van der Waals surface area contributed by atoms with Crippen molar-refractivity contribution in [1.82, 2.24) is 18.4 Å². The largest absolute Gasteiger partial charge is 0.369 e. The van der Waals surface area contributed by atoms with Crippen LogP contribution in [0.5, 0.6) is 0 Å². The summed E-state index contributed by atoms with van der Waals surface area (Å²) in [6.07, 6.45) is 1.99. The molecular weight excluding hydrogens is 374 g/mol. The molecule has 0 aliphatic carbocycles. The Kier molecular flexibility index (Phi) is 6.52. The van der Waals surface area contributed by atoms with E-state index in [0.29, 0.717) is 26.2 Å². The van der Waals surface area contributed by atoms with Crippen LogP contribution in [0.1, 0.15) is 12.8 Å². The first-order chi connectivity index (χ1) is 13.6. The fourth-order valence-electron chi connectivity index (χ4n) is 4.42. The van der Waals surface area contributed by atoms with E-state index < -0.39 is 10.2 Å². The first-order valence-electron chi connectivity index (χ1n) is 10.6. The zero-order chi connectivity index (χ0) is 19.4. The third-order valence-corrected chi connectivity index (χ3v) is 8.31. The molecule has 0 unspecified atom stereocenters. The van der Waals surface area contributed by atoms with Crippen molar-refractivity contribution >= 4 is 15.9 Å². The molecule has 0 bridgehead atoms. The topological polar surface area (TPSA) is 50.3 Å². The Balaban J connectivity index is 1.17. The van der Waals surface area contributed by atoms with E-state index in [1.165, 1.54) is 5.69 Å². The van der Waals surface area contributed by atoms with E-state index in [1.54, 1.807) is 8.61 Å². The molecule has 0 aromatic heterocycles. The minimum atomic E-state index is -3.23. The van der Waals surface area contributed by atoms with E-state index in [4.69, 9.17) is 0 Å². The molecule has 3 heterocycles. The Labute approximate surface area is 169 Å². The summed E-state index contributed by atoms with van der Waals surface area (Å²) in [6.45, 7) is 10.8. The molecule has 0 atom stereocenters. The third-order valence-electron chi connectivity index (χ3n) is 6.27. The van der Waals surface area contributed by atoms with Crippen LogP contribution in [-0.4, -0.2) is 105 Å². The van der Waals surface area contributed by atoms with Crippen LogP contribution in [-0.2, 0) is 10.2 Å². The molecule has 0 spiro atoms. The van der Waals surface area contributed by atoms with Crippen molar-refractivity contribution < 1.29 is 8.42 Å². The van der Waals surface area contributed by atoms with E-state index in [0.717, 1.165) is 65.2 Å². The van der Waals surface area contributed by atoms with Gasteiger partial charge >= 0.3 is 0 Å².